The maximum atomic E-state index is 13.5. The Balaban J connectivity index is 2.17. The van der Waals surface area contributed by atoms with Crippen LogP contribution in [0.5, 0.6) is 5.75 Å². The molecule has 0 aliphatic heterocycles. The van der Waals surface area contributed by atoms with Crippen molar-refractivity contribution >= 4 is 39.1 Å². The van der Waals surface area contributed by atoms with Gasteiger partial charge in [-0.25, -0.2) is 8.42 Å². The van der Waals surface area contributed by atoms with Gasteiger partial charge in [0.15, 0.2) is 0 Å². The fourth-order valence-electron chi connectivity index (χ4n) is 4.13. The van der Waals surface area contributed by atoms with E-state index < -0.39 is 16.1 Å². The van der Waals surface area contributed by atoms with E-state index in [0.29, 0.717) is 48.3 Å². The van der Waals surface area contributed by atoms with Crippen LogP contribution in [0.1, 0.15) is 45.6 Å². The molecular formula is C28H40ClN3O5S. The lowest BCUT2D eigenvalue weighted by Crippen LogP contribution is -2.50. The van der Waals surface area contributed by atoms with Gasteiger partial charge >= 0.3 is 0 Å². The average Bonchev–Trinajstić information content (AvgIpc) is 2.87. The molecule has 0 fully saturated rings. The van der Waals surface area contributed by atoms with E-state index in [4.69, 9.17) is 16.3 Å². The van der Waals surface area contributed by atoms with Gasteiger partial charge in [-0.3, -0.25) is 13.9 Å². The first kappa shape index (κ1) is 31.4. The standard InChI is InChI=1S/C28H40ClN3O5S/c1-6-25(28(34)30-20-21(2)3)31(18-16-22-11-8-7-9-12-22)27(33)13-10-17-32(38(5,35)36)23-14-15-26(37-4)24(29)19-23/h7-9,11-12,14-15,19,21,25H,6,10,13,16-18,20H2,1-5H3,(H,30,34)/t25-/m0/s1. The molecule has 0 saturated heterocycles. The number of rotatable bonds is 15. The molecule has 0 heterocycles. The predicted molar refractivity (Wildman–Crippen MR) is 153 cm³/mol. The third kappa shape index (κ3) is 9.51. The number of ether oxygens (including phenoxy) is 1. The highest BCUT2D eigenvalue weighted by atomic mass is 35.5. The lowest BCUT2D eigenvalue weighted by atomic mass is 10.1. The highest BCUT2D eigenvalue weighted by Crippen LogP contribution is 2.30. The van der Waals surface area contributed by atoms with E-state index in [0.717, 1.165) is 11.8 Å². The van der Waals surface area contributed by atoms with Crippen LogP contribution in [0, 0.1) is 5.92 Å². The van der Waals surface area contributed by atoms with Crippen LogP contribution in [-0.2, 0) is 26.0 Å². The summed E-state index contributed by atoms with van der Waals surface area (Å²) in [5.41, 5.74) is 1.47. The monoisotopic (exact) mass is 565 g/mol. The predicted octanol–water partition coefficient (Wildman–Crippen LogP) is 4.52. The Labute approximate surface area is 232 Å². The number of nitrogens with zero attached hydrogens (tertiary/aromatic N) is 2. The second kappa shape index (κ2) is 15.0. The number of anilines is 1. The van der Waals surface area contributed by atoms with Crippen LogP contribution < -0.4 is 14.4 Å². The summed E-state index contributed by atoms with van der Waals surface area (Å²) in [6, 6.07) is 14.0. The Bertz CT molecular complexity index is 1160. The zero-order valence-corrected chi connectivity index (χ0v) is 24.5. The van der Waals surface area contributed by atoms with Gasteiger partial charge < -0.3 is 15.0 Å². The maximum absolute atomic E-state index is 13.5. The first-order valence-corrected chi connectivity index (χ1v) is 15.1. The number of nitrogens with one attached hydrogen (secondary N) is 1. The average molecular weight is 566 g/mol. The molecule has 0 radical (unpaired) electrons. The number of sulfonamides is 1. The summed E-state index contributed by atoms with van der Waals surface area (Å²) >= 11 is 6.22. The molecule has 38 heavy (non-hydrogen) atoms. The Morgan fingerprint density at radius 1 is 1.08 bits per heavy atom. The van der Waals surface area contributed by atoms with Crippen molar-refractivity contribution in [2.45, 2.75) is 52.5 Å². The molecule has 8 nitrogen and oxygen atoms in total. The van der Waals surface area contributed by atoms with Crippen LogP contribution in [0.15, 0.2) is 48.5 Å². The lowest BCUT2D eigenvalue weighted by Gasteiger charge is -2.31. The molecular weight excluding hydrogens is 526 g/mol. The number of hydrogen-bond acceptors (Lipinski definition) is 5. The summed E-state index contributed by atoms with van der Waals surface area (Å²) in [6.07, 6.45) is 2.58. The number of amides is 2. The normalized spacial score (nSPS) is 12.2. The SMILES string of the molecule is CC[C@@H](C(=O)NCC(C)C)N(CCc1ccccc1)C(=O)CCCN(c1ccc(OC)c(Cl)c1)S(C)(=O)=O. The van der Waals surface area contributed by atoms with E-state index in [1.54, 1.807) is 17.0 Å². The molecule has 1 atom stereocenters. The van der Waals surface area contributed by atoms with Crippen LogP contribution in [0.25, 0.3) is 0 Å². The van der Waals surface area contributed by atoms with Crippen molar-refractivity contribution in [3.8, 4) is 5.75 Å². The largest absolute Gasteiger partial charge is 0.495 e. The van der Waals surface area contributed by atoms with Crippen molar-refractivity contribution < 1.29 is 22.7 Å². The first-order valence-electron chi connectivity index (χ1n) is 12.9. The maximum Gasteiger partial charge on any atom is 0.242 e. The summed E-state index contributed by atoms with van der Waals surface area (Å²) in [4.78, 5) is 28.1. The van der Waals surface area contributed by atoms with Crippen LogP contribution in [0.4, 0.5) is 5.69 Å². The third-order valence-corrected chi connectivity index (χ3v) is 7.62. The highest BCUT2D eigenvalue weighted by Gasteiger charge is 2.28. The van der Waals surface area contributed by atoms with Crippen LogP contribution in [0.3, 0.4) is 0 Å². The molecule has 0 bridgehead atoms. The van der Waals surface area contributed by atoms with E-state index >= 15 is 0 Å². The van der Waals surface area contributed by atoms with E-state index in [9.17, 15) is 18.0 Å². The second-order valence-corrected chi connectivity index (χ2v) is 12.0. The molecule has 0 aliphatic carbocycles. The van der Waals surface area contributed by atoms with Gasteiger partial charge in [-0.05, 0) is 48.9 Å². The van der Waals surface area contributed by atoms with Crippen molar-refractivity contribution in [1.29, 1.82) is 0 Å². The van der Waals surface area contributed by atoms with Crippen molar-refractivity contribution in [1.82, 2.24) is 10.2 Å². The smallest absolute Gasteiger partial charge is 0.242 e. The summed E-state index contributed by atoms with van der Waals surface area (Å²) in [6.45, 7) is 6.94. The molecule has 1 N–H and O–H groups in total. The first-order chi connectivity index (χ1) is 18.0. The zero-order valence-electron chi connectivity index (χ0n) is 22.9. The van der Waals surface area contributed by atoms with Gasteiger partial charge in [-0.15, -0.1) is 0 Å². The van der Waals surface area contributed by atoms with Gasteiger partial charge in [0, 0.05) is 26.1 Å². The van der Waals surface area contributed by atoms with Crippen molar-refractivity contribution in [2.24, 2.45) is 5.92 Å². The van der Waals surface area contributed by atoms with E-state index in [1.165, 1.54) is 17.5 Å². The highest BCUT2D eigenvalue weighted by molar-refractivity contribution is 7.92. The van der Waals surface area contributed by atoms with E-state index in [2.05, 4.69) is 5.32 Å². The van der Waals surface area contributed by atoms with Crippen molar-refractivity contribution in [2.75, 3.05) is 37.3 Å². The van der Waals surface area contributed by atoms with Gasteiger partial charge in [0.05, 0.1) is 24.1 Å². The van der Waals surface area contributed by atoms with E-state index in [-0.39, 0.29) is 31.2 Å². The molecule has 2 amide bonds. The summed E-state index contributed by atoms with van der Waals surface area (Å²) in [5.74, 6) is 0.370. The molecule has 2 aromatic rings. The van der Waals surface area contributed by atoms with Crippen molar-refractivity contribution in [3.63, 3.8) is 0 Å². The zero-order chi connectivity index (χ0) is 28.3. The fraction of sp³-hybridized carbons (Fsp3) is 0.500. The van der Waals surface area contributed by atoms with Crippen molar-refractivity contribution in [3.05, 3.63) is 59.1 Å². The summed E-state index contributed by atoms with van der Waals surface area (Å²) in [5, 5.41) is 3.25. The van der Waals surface area contributed by atoms with Crippen LogP contribution in [-0.4, -0.2) is 64.2 Å². The molecule has 2 rings (SSSR count). The third-order valence-electron chi connectivity index (χ3n) is 6.13. The Kier molecular flexibility index (Phi) is 12.4. The minimum absolute atomic E-state index is 0.0933. The number of benzene rings is 2. The Morgan fingerprint density at radius 3 is 2.32 bits per heavy atom. The fourth-order valence-corrected chi connectivity index (χ4v) is 5.34. The summed E-state index contributed by atoms with van der Waals surface area (Å²) < 4.78 is 31.5. The molecule has 2 aromatic carbocycles. The number of hydrogen-bond donors (Lipinski definition) is 1. The minimum atomic E-state index is -3.62. The van der Waals surface area contributed by atoms with Gasteiger partial charge in [-0.2, -0.15) is 0 Å². The number of methoxy groups -OCH3 is 1. The molecule has 0 aromatic heterocycles. The molecule has 0 unspecified atom stereocenters. The summed E-state index contributed by atoms with van der Waals surface area (Å²) in [7, 11) is -2.14. The van der Waals surface area contributed by atoms with Gasteiger partial charge in [0.1, 0.15) is 11.8 Å². The topological polar surface area (TPSA) is 96.0 Å². The quantitative estimate of drug-likeness (QED) is 0.342. The van der Waals surface area contributed by atoms with E-state index in [1.807, 2.05) is 51.1 Å². The number of halogens is 1. The molecule has 0 saturated carbocycles. The molecule has 10 heteroatoms. The lowest BCUT2D eigenvalue weighted by molar-refractivity contribution is -0.140. The minimum Gasteiger partial charge on any atom is -0.495 e. The van der Waals surface area contributed by atoms with Gasteiger partial charge in [0.2, 0.25) is 21.8 Å². The molecule has 210 valence electrons. The number of carbonyl (C=O) groups excluding carboxylic acids is 2. The van der Waals surface area contributed by atoms with Gasteiger partial charge in [0.25, 0.3) is 0 Å². The molecule has 0 spiro atoms. The molecule has 0 aliphatic rings. The van der Waals surface area contributed by atoms with Gasteiger partial charge in [-0.1, -0.05) is 62.7 Å². The van der Waals surface area contributed by atoms with Crippen LogP contribution in [0.2, 0.25) is 5.02 Å². The Hall–Kier alpha value is -2.78. The Morgan fingerprint density at radius 2 is 1.76 bits per heavy atom. The number of carbonyl (C=O) groups is 2. The second-order valence-electron chi connectivity index (χ2n) is 9.64. The van der Waals surface area contributed by atoms with Crippen LogP contribution >= 0.6 is 11.6 Å².